The lowest BCUT2D eigenvalue weighted by Crippen LogP contribution is -2.35. The summed E-state index contributed by atoms with van der Waals surface area (Å²) in [6.45, 7) is 0.862. The van der Waals surface area contributed by atoms with Crippen LogP contribution in [-0.4, -0.2) is 30.1 Å². The second kappa shape index (κ2) is 5.66. The summed E-state index contributed by atoms with van der Waals surface area (Å²) in [4.78, 5) is 24.8. The van der Waals surface area contributed by atoms with E-state index in [1.807, 2.05) is 0 Å². The number of carbonyl (C=O) groups is 1. The van der Waals surface area contributed by atoms with Crippen LogP contribution in [0.15, 0.2) is 16.9 Å². The molecule has 8 heteroatoms. The maximum Gasteiger partial charge on any atom is 0.431 e. The molecule has 0 spiro atoms. The van der Waals surface area contributed by atoms with Gasteiger partial charge in [0.1, 0.15) is 11.3 Å². The van der Waals surface area contributed by atoms with Gasteiger partial charge < -0.3 is 15.0 Å². The zero-order chi connectivity index (χ0) is 14.8. The molecule has 5 nitrogen and oxygen atoms in total. The van der Waals surface area contributed by atoms with Crippen molar-refractivity contribution in [3.8, 4) is 0 Å². The molecule has 2 N–H and O–H groups in total. The van der Waals surface area contributed by atoms with Crippen molar-refractivity contribution in [2.24, 2.45) is 0 Å². The predicted molar refractivity (Wildman–Crippen MR) is 63.4 cm³/mol. The highest BCUT2D eigenvalue weighted by molar-refractivity contribution is 5.93. The number of aromatic nitrogens is 1. The topological polar surface area (TPSA) is 71.2 Å². The van der Waals surface area contributed by atoms with E-state index in [0.29, 0.717) is 12.7 Å². The smallest absolute Gasteiger partial charge is 0.376 e. The molecule has 1 aliphatic rings. The Labute approximate surface area is 112 Å². The molecule has 1 aromatic heterocycles. The summed E-state index contributed by atoms with van der Waals surface area (Å²) >= 11 is 0. The Balaban J connectivity index is 2.04. The third kappa shape index (κ3) is 3.38. The van der Waals surface area contributed by atoms with Crippen LogP contribution in [0.1, 0.15) is 28.9 Å². The molecule has 0 radical (unpaired) electrons. The first-order chi connectivity index (χ1) is 9.38. The molecule has 2 rings (SSSR count). The van der Waals surface area contributed by atoms with Gasteiger partial charge in [-0.05, 0) is 25.0 Å². The molecule has 1 amide bonds. The number of hydrogen-bond donors (Lipinski definition) is 2. The Morgan fingerprint density at radius 1 is 1.45 bits per heavy atom. The molecule has 0 bridgehead atoms. The van der Waals surface area contributed by atoms with Crippen LogP contribution in [0.25, 0.3) is 0 Å². The first kappa shape index (κ1) is 14.6. The van der Waals surface area contributed by atoms with Gasteiger partial charge in [-0.3, -0.25) is 9.59 Å². The largest absolute Gasteiger partial charge is 0.431 e. The molecule has 20 heavy (non-hydrogen) atoms. The van der Waals surface area contributed by atoms with E-state index >= 15 is 0 Å². The van der Waals surface area contributed by atoms with Crippen molar-refractivity contribution in [1.82, 2.24) is 10.3 Å². The number of amides is 1. The summed E-state index contributed by atoms with van der Waals surface area (Å²) in [7, 11) is 0. The number of carbonyl (C=O) groups excluding carboxylic acids is 1. The summed E-state index contributed by atoms with van der Waals surface area (Å²) in [5.41, 5.74) is -2.60. The number of aromatic amines is 1. The summed E-state index contributed by atoms with van der Waals surface area (Å²) in [5, 5.41) is 2.47. The molecular formula is C12H13F3N2O3. The first-order valence-electron chi connectivity index (χ1n) is 6.08. The van der Waals surface area contributed by atoms with E-state index in [1.165, 1.54) is 0 Å². The minimum Gasteiger partial charge on any atom is -0.376 e. The highest BCUT2D eigenvalue weighted by Crippen LogP contribution is 2.26. The third-order valence-electron chi connectivity index (χ3n) is 2.97. The van der Waals surface area contributed by atoms with Crippen molar-refractivity contribution < 1.29 is 22.7 Å². The lowest BCUT2D eigenvalue weighted by molar-refractivity contribution is -0.141. The third-order valence-corrected chi connectivity index (χ3v) is 2.97. The SMILES string of the molecule is O=C(NCC1CCCO1)c1ccc(C(F)(F)F)[nH]c1=O. The molecule has 2 heterocycles. The van der Waals surface area contributed by atoms with Gasteiger partial charge in [-0.25, -0.2) is 0 Å². The average Bonchev–Trinajstić information content (AvgIpc) is 2.87. The molecule has 0 saturated carbocycles. The first-order valence-corrected chi connectivity index (χ1v) is 6.08. The van der Waals surface area contributed by atoms with Gasteiger partial charge in [-0.2, -0.15) is 13.2 Å². The fourth-order valence-corrected chi connectivity index (χ4v) is 1.92. The van der Waals surface area contributed by atoms with Crippen molar-refractivity contribution in [3.05, 3.63) is 33.7 Å². The van der Waals surface area contributed by atoms with Crippen LogP contribution in [-0.2, 0) is 10.9 Å². The van der Waals surface area contributed by atoms with Crippen LogP contribution in [0.3, 0.4) is 0 Å². The van der Waals surface area contributed by atoms with Gasteiger partial charge in [0.25, 0.3) is 11.5 Å². The minimum atomic E-state index is -4.65. The lowest BCUT2D eigenvalue weighted by atomic mass is 10.2. The van der Waals surface area contributed by atoms with Crippen molar-refractivity contribution in [1.29, 1.82) is 0 Å². The molecule has 0 aliphatic carbocycles. The van der Waals surface area contributed by atoms with E-state index in [-0.39, 0.29) is 18.2 Å². The number of H-pyrrole nitrogens is 1. The number of rotatable bonds is 3. The number of pyridine rings is 1. The predicted octanol–water partition coefficient (Wildman–Crippen LogP) is 1.30. The summed E-state index contributed by atoms with van der Waals surface area (Å²) in [6, 6.07) is 1.54. The van der Waals surface area contributed by atoms with Crippen molar-refractivity contribution in [2.75, 3.05) is 13.2 Å². The zero-order valence-electron chi connectivity index (χ0n) is 10.4. The normalized spacial score (nSPS) is 19.1. The fraction of sp³-hybridized carbons (Fsp3) is 0.500. The van der Waals surface area contributed by atoms with E-state index in [1.54, 1.807) is 4.98 Å². The maximum absolute atomic E-state index is 12.4. The Morgan fingerprint density at radius 2 is 2.20 bits per heavy atom. The van der Waals surface area contributed by atoms with Gasteiger partial charge in [0.15, 0.2) is 0 Å². The zero-order valence-corrected chi connectivity index (χ0v) is 10.4. The van der Waals surface area contributed by atoms with E-state index < -0.39 is 23.3 Å². The van der Waals surface area contributed by atoms with Gasteiger partial charge in [0.05, 0.1) is 6.10 Å². The van der Waals surface area contributed by atoms with E-state index in [4.69, 9.17) is 4.74 Å². The van der Waals surface area contributed by atoms with Crippen LogP contribution in [0.2, 0.25) is 0 Å². The minimum absolute atomic E-state index is 0.104. The van der Waals surface area contributed by atoms with Crippen LogP contribution < -0.4 is 10.9 Å². The average molecular weight is 290 g/mol. The Kier molecular flexibility index (Phi) is 4.12. The van der Waals surface area contributed by atoms with Crippen LogP contribution in [0.5, 0.6) is 0 Å². The number of ether oxygens (including phenoxy) is 1. The monoisotopic (exact) mass is 290 g/mol. The van der Waals surface area contributed by atoms with Gasteiger partial charge in [-0.15, -0.1) is 0 Å². The standard InChI is InChI=1S/C12H13F3N2O3/c13-12(14,15)9-4-3-8(11(19)17-9)10(18)16-6-7-2-1-5-20-7/h3-4,7H,1-2,5-6H2,(H,16,18)(H,17,19). The number of hydrogen-bond acceptors (Lipinski definition) is 3. The Hall–Kier alpha value is -1.83. The second-order valence-corrected chi connectivity index (χ2v) is 4.46. The molecule has 1 aliphatic heterocycles. The molecule has 110 valence electrons. The van der Waals surface area contributed by atoms with Crippen LogP contribution >= 0.6 is 0 Å². The fourth-order valence-electron chi connectivity index (χ4n) is 1.92. The van der Waals surface area contributed by atoms with E-state index in [0.717, 1.165) is 18.9 Å². The molecule has 0 aromatic carbocycles. The number of halogens is 3. The molecule has 1 atom stereocenters. The van der Waals surface area contributed by atoms with Gasteiger partial charge in [0.2, 0.25) is 0 Å². The van der Waals surface area contributed by atoms with Crippen LogP contribution in [0, 0.1) is 0 Å². The Morgan fingerprint density at radius 3 is 2.75 bits per heavy atom. The highest BCUT2D eigenvalue weighted by Gasteiger charge is 2.32. The number of nitrogens with one attached hydrogen (secondary N) is 2. The van der Waals surface area contributed by atoms with Crippen LogP contribution in [0.4, 0.5) is 13.2 Å². The van der Waals surface area contributed by atoms with Crippen molar-refractivity contribution in [2.45, 2.75) is 25.1 Å². The summed E-state index contributed by atoms with van der Waals surface area (Å²) in [6.07, 6.45) is -3.04. The van der Waals surface area contributed by atoms with Crippen molar-refractivity contribution in [3.63, 3.8) is 0 Å². The molecule has 1 aromatic rings. The second-order valence-electron chi connectivity index (χ2n) is 4.46. The molecule has 1 unspecified atom stereocenters. The quantitative estimate of drug-likeness (QED) is 0.881. The van der Waals surface area contributed by atoms with E-state index in [9.17, 15) is 22.8 Å². The Bertz CT molecular complexity index is 548. The maximum atomic E-state index is 12.4. The van der Waals surface area contributed by atoms with E-state index in [2.05, 4.69) is 5.32 Å². The lowest BCUT2D eigenvalue weighted by Gasteiger charge is -2.11. The molecular weight excluding hydrogens is 277 g/mol. The van der Waals surface area contributed by atoms with Crippen molar-refractivity contribution >= 4 is 5.91 Å². The van der Waals surface area contributed by atoms with Gasteiger partial charge in [-0.1, -0.05) is 0 Å². The summed E-state index contributed by atoms with van der Waals surface area (Å²) < 4.78 is 42.4. The van der Waals surface area contributed by atoms with Gasteiger partial charge >= 0.3 is 6.18 Å². The molecule has 1 saturated heterocycles. The number of alkyl halides is 3. The van der Waals surface area contributed by atoms with Gasteiger partial charge in [0, 0.05) is 13.2 Å². The summed E-state index contributed by atoms with van der Waals surface area (Å²) in [5.74, 6) is -0.713. The highest BCUT2D eigenvalue weighted by atomic mass is 19.4. The molecule has 1 fully saturated rings.